The standard InChI is InChI=1S/C11H11BrClNO/c1-7(2)5-11(15)14-8-3-4-10(13)9(12)6-8/h3-6H,1-2H3,(H,14,15). The molecule has 0 fully saturated rings. The normalized spacial score (nSPS) is 9.60. The Morgan fingerprint density at radius 2 is 2.13 bits per heavy atom. The molecule has 0 unspecified atom stereocenters. The number of hydrogen-bond acceptors (Lipinski definition) is 1. The zero-order valence-electron chi connectivity index (χ0n) is 8.47. The molecule has 4 heteroatoms. The van der Waals surface area contributed by atoms with Crippen LogP contribution in [-0.2, 0) is 4.79 Å². The summed E-state index contributed by atoms with van der Waals surface area (Å²) in [7, 11) is 0. The van der Waals surface area contributed by atoms with E-state index in [2.05, 4.69) is 21.2 Å². The first-order chi connectivity index (χ1) is 6.99. The van der Waals surface area contributed by atoms with Gasteiger partial charge in [0.15, 0.2) is 0 Å². The van der Waals surface area contributed by atoms with E-state index in [-0.39, 0.29) is 5.91 Å². The number of hydrogen-bond donors (Lipinski definition) is 1. The number of carbonyl (C=O) groups excluding carboxylic acids is 1. The van der Waals surface area contributed by atoms with Crippen molar-refractivity contribution >= 4 is 39.1 Å². The second kappa shape index (κ2) is 5.33. The Morgan fingerprint density at radius 1 is 1.47 bits per heavy atom. The van der Waals surface area contributed by atoms with Gasteiger partial charge < -0.3 is 5.32 Å². The Kier molecular flexibility index (Phi) is 4.36. The van der Waals surface area contributed by atoms with Gasteiger partial charge in [0.1, 0.15) is 0 Å². The lowest BCUT2D eigenvalue weighted by Gasteiger charge is -2.04. The molecule has 1 aromatic carbocycles. The number of allylic oxidation sites excluding steroid dienone is 1. The third-order valence-electron chi connectivity index (χ3n) is 1.61. The summed E-state index contributed by atoms with van der Waals surface area (Å²) in [6, 6.07) is 5.24. The van der Waals surface area contributed by atoms with Crippen molar-refractivity contribution in [2.75, 3.05) is 5.32 Å². The summed E-state index contributed by atoms with van der Waals surface area (Å²) in [4.78, 5) is 11.4. The number of amides is 1. The van der Waals surface area contributed by atoms with Crippen LogP contribution in [0.3, 0.4) is 0 Å². The lowest BCUT2D eigenvalue weighted by atomic mass is 10.3. The van der Waals surface area contributed by atoms with Crippen LogP contribution in [0.4, 0.5) is 5.69 Å². The second-order valence-electron chi connectivity index (χ2n) is 3.34. The second-order valence-corrected chi connectivity index (χ2v) is 4.60. The molecule has 0 aliphatic rings. The molecule has 0 heterocycles. The van der Waals surface area contributed by atoms with Gasteiger partial charge in [-0.1, -0.05) is 17.2 Å². The molecule has 1 aromatic rings. The molecule has 0 aromatic heterocycles. The molecule has 0 saturated carbocycles. The van der Waals surface area contributed by atoms with Gasteiger partial charge in [-0.3, -0.25) is 4.79 Å². The van der Waals surface area contributed by atoms with E-state index in [4.69, 9.17) is 11.6 Å². The van der Waals surface area contributed by atoms with Crippen LogP contribution < -0.4 is 5.32 Å². The largest absolute Gasteiger partial charge is 0.322 e. The van der Waals surface area contributed by atoms with E-state index in [1.807, 2.05) is 13.8 Å². The molecule has 0 aliphatic carbocycles. The molecule has 1 amide bonds. The highest BCUT2D eigenvalue weighted by atomic mass is 79.9. The van der Waals surface area contributed by atoms with Crippen molar-refractivity contribution in [3.63, 3.8) is 0 Å². The monoisotopic (exact) mass is 287 g/mol. The van der Waals surface area contributed by atoms with Crippen LogP contribution in [0, 0.1) is 0 Å². The topological polar surface area (TPSA) is 29.1 Å². The maximum absolute atomic E-state index is 11.4. The van der Waals surface area contributed by atoms with Crippen molar-refractivity contribution in [2.24, 2.45) is 0 Å². The summed E-state index contributed by atoms with van der Waals surface area (Å²) in [5.74, 6) is -0.135. The predicted octanol–water partition coefficient (Wildman–Crippen LogP) is 4.01. The molecule has 0 aliphatic heterocycles. The minimum absolute atomic E-state index is 0.135. The predicted molar refractivity (Wildman–Crippen MR) is 67.2 cm³/mol. The molecular weight excluding hydrogens is 277 g/mol. The van der Waals surface area contributed by atoms with Crippen LogP contribution in [0.5, 0.6) is 0 Å². The van der Waals surface area contributed by atoms with Gasteiger partial charge in [0, 0.05) is 16.2 Å². The first-order valence-electron chi connectivity index (χ1n) is 4.40. The van der Waals surface area contributed by atoms with E-state index < -0.39 is 0 Å². The van der Waals surface area contributed by atoms with Gasteiger partial charge in [0.25, 0.3) is 0 Å². The van der Waals surface area contributed by atoms with Crippen molar-refractivity contribution in [2.45, 2.75) is 13.8 Å². The summed E-state index contributed by atoms with van der Waals surface area (Å²) in [5.41, 5.74) is 1.68. The molecule has 0 saturated heterocycles. The highest BCUT2D eigenvalue weighted by molar-refractivity contribution is 9.10. The first-order valence-corrected chi connectivity index (χ1v) is 5.57. The highest BCUT2D eigenvalue weighted by Gasteiger charge is 2.01. The fraction of sp³-hybridized carbons (Fsp3) is 0.182. The average molecular weight is 289 g/mol. The maximum atomic E-state index is 11.4. The Bertz CT molecular complexity index is 411. The van der Waals surface area contributed by atoms with Gasteiger partial charge in [0.2, 0.25) is 5.91 Å². The number of benzene rings is 1. The molecule has 0 bridgehead atoms. The van der Waals surface area contributed by atoms with Gasteiger partial charge in [-0.2, -0.15) is 0 Å². The van der Waals surface area contributed by atoms with Gasteiger partial charge in [-0.05, 0) is 48.0 Å². The summed E-state index contributed by atoms with van der Waals surface area (Å²) in [6.45, 7) is 3.74. The fourth-order valence-corrected chi connectivity index (χ4v) is 1.51. The summed E-state index contributed by atoms with van der Waals surface area (Å²) >= 11 is 9.12. The van der Waals surface area contributed by atoms with Crippen molar-refractivity contribution in [1.29, 1.82) is 0 Å². The fourth-order valence-electron chi connectivity index (χ4n) is 1.01. The van der Waals surface area contributed by atoms with Crippen LogP contribution in [0.1, 0.15) is 13.8 Å². The first kappa shape index (κ1) is 12.3. The maximum Gasteiger partial charge on any atom is 0.248 e. The quantitative estimate of drug-likeness (QED) is 0.819. The van der Waals surface area contributed by atoms with Gasteiger partial charge in [-0.25, -0.2) is 0 Å². The van der Waals surface area contributed by atoms with E-state index >= 15 is 0 Å². The zero-order valence-corrected chi connectivity index (χ0v) is 10.8. The molecule has 0 radical (unpaired) electrons. The minimum atomic E-state index is -0.135. The molecule has 1 N–H and O–H groups in total. The van der Waals surface area contributed by atoms with Crippen molar-refractivity contribution in [1.82, 2.24) is 0 Å². The minimum Gasteiger partial charge on any atom is -0.322 e. The Labute approximate surface area is 102 Å². The third-order valence-corrected chi connectivity index (χ3v) is 2.82. The smallest absolute Gasteiger partial charge is 0.248 e. The van der Waals surface area contributed by atoms with E-state index in [1.54, 1.807) is 24.3 Å². The Hall–Kier alpha value is -0.800. The molecule has 0 atom stereocenters. The van der Waals surface area contributed by atoms with Gasteiger partial charge >= 0.3 is 0 Å². The van der Waals surface area contributed by atoms with E-state index in [1.165, 1.54) is 0 Å². The van der Waals surface area contributed by atoms with Crippen LogP contribution in [0.25, 0.3) is 0 Å². The molecule has 80 valence electrons. The van der Waals surface area contributed by atoms with E-state index in [0.29, 0.717) is 10.7 Å². The van der Waals surface area contributed by atoms with E-state index in [0.717, 1.165) is 10.0 Å². The third kappa shape index (κ3) is 4.06. The number of halogens is 2. The Morgan fingerprint density at radius 3 is 2.67 bits per heavy atom. The molecule has 2 nitrogen and oxygen atoms in total. The van der Waals surface area contributed by atoms with Crippen LogP contribution in [0.15, 0.2) is 34.3 Å². The zero-order chi connectivity index (χ0) is 11.4. The highest BCUT2D eigenvalue weighted by Crippen LogP contribution is 2.25. The summed E-state index contributed by atoms with van der Waals surface area (Å²) in [6.07, 6.45) is 1.54. The van der Waals surface area contributed by atoms with Crippen LogP contribution in [0.2, 0.25) is 5.02 Å². The SMILES string of the molecule is CC(C)=CC(=O)Nc1ccc(Cl)c(Br)c1. The molecule has 1 rings (SSSR count). The summed E-state index contributed by atoms with van der Waals surface area (Å²) in [5, 5.41) is 3.36. The van der Waals surface area contributed by atoms with Crippen molar-refractivity contribution in [3.8, 4) is 0 Å². The lowest BCUT2D eigenvalue weighted by molar-refractivity contribution is -0.111. The number of anilines is 1. The van der Waals surface area contributed by atoms with Crippen LogP contribution in [-0.4, -0.2) is 5.91 Å². The molecule has 0 spiro atoms. The number of rotatable bonds is 2. The summed E-state index contributed by atoms with van der Waals surface area (Å²) < 4.78 is 0.763. The molecule has 15 heavy (non-hydrogen) atoms. The average Bonchev–Trinajstić information content (AvgIpc) is 2.10. The van der Waals surface area contributed by atoms with Crippen LogP contribution >= 0.6 is 27.5 Å². The number of carbonyl (C=O) groups is 1. The number of nitrogens with one attached hydrogen (secondary N) is 1. The van der Waals surface area contributed by atoms with Crippen molar-refractivity contribution < 1.29 is 4.79 Å². The van der Waals surface area contributed by atoms with Gasteiger partial charge in [-0.15, -0.1) is 0 Å². The molecular formula is C11H11BrClNO. The lowest BCUT2D eigenvalue weighted by Crippen LogP contribution is -2.08. The van der Waals surface area contributed by atoms with Crippen molar-refractivity contribution in [3.05, 3.63) is 39.3 Å². The Balaban J connectivity index is 2.78. The van der Waals surface area contributed by atoms with E-state index in [9.17, 15) is 4.79 Å². The van der Waals surface area contributed by atoms with Gasteiger partial charge in [0.05, 0.1) is 5.02 Å².